The molecule has 0 aliphatic heterocycles. The van der Waals surface area contributed by atoms with Crippen LogP contribution in [0.25, 0.3) is 32.4 Å². The van der Waals surface area contributed by atoms with Crippen LogP contribution in [0.3, 0.4) is 0 Å². The van der Waals surface area contributed by atoms with E-state index in [0.29, 0.717) is 21.4 Å². The van der Waals surface area contributed by atoms with Crippen LogP contribution in [0.4, 0.5) is 0 Å². The monoisotopic (exact) mass is 472 g/mol. The van der Waals surface area contributed by atoms with E-state index in [1.54, 1.807) is 32.0 Å². The van der Waals surface area contributed by atoms with Crippen LogP contribution in [0.2, 0.25) is 0 Å². The zero-order chi connectivity index (χ0) is 23.2. The van der Waals surface area contributed by atoms with E-state index < -0.39 is 33.9 Å². The number of furan rings is 1. The van der Waals surface area contributed by atoms with E-state index in [1.807, 2.05) is 18.2 Å². The van der Waals surface area contributed by atoms with Crippen molar-refractivity contribution in [3.05, 3.63) is 53.4 Å². The van der Waals surface area contributed by atoms with Crippen LogP contribution in [0.5, 0.6) is 0 Å². The number of carboxylic acids is 1. The van der Waals surface area contributed by atoms with Crippen molar-refractivity contribution in [2.24, 2.45) is 11.7 Å². The maximum atomic E-state index is 12.8. The van der Waals surface area contributed by atoms with Crippen molar-refractivity contribution >= 4 is 55.2 Å². The first kappa shape index (κ1) is 22.0. The smallest absolute Gasteiger partial charge is 0.322 e. The molecule has 2 aromatic heterocycles. The molecule has 0 aliphatic rings. The Bertz CT molecular complexity index is 1470. The first-order valence-corrected chi connectivity index (χ1v) is 12.0. The summed E-state index contributed by atoms with van der Waals surface area (Å²) < 4.78 is 33.6. The minimum absolute atomic E-state index is 0.0828. The Hall–Kier alpha value is -3.21. The fourth-order valence-corrected chi connectivity index (χ4v) is 5.62. The lowest BCUT2D eigenvalue weighted by atomic mass is 10.1. The van der Waals surface area contributed by atoms with Crippen LogP contribution in [0, 0.1) is 5.92 Å². The largest absolute Gasteiger partial charge is 0.480 e. The number of primary amides is 1. The van der Waals surface area contributed by atoms with E-state index in [0.717, 1.165) is 15.8 Å². The van der Waals surface area contributed by atoms with Gasteiger partial charge in [-0.15, -0.1) is 11.3 Å². The van der Waals surface area contributed by atoms with Crippen molar-refractivity contribution in [2.75, 3.05) is 0 Å². The average Bonchev–Trinajstić information content (AvgIpc) is 3.35. The maximum absolute atomic E-state index is 12.8. The zero-order valence-corrected chi connectivity index (χ0v) is 18.8. The van der Waals surface area contributed by atoms with Crippen molar-refractivity contribution < 1.29 is 27.5 Å². The van der Waals surface area contributed by atoms with Gasteiger partial charge in [0.15, 0.2) is 0 Å². The van der Waals surface area contributed by atoms with Crippen LogP contribution in [0.1, 0.15) is 23.5 Å². The summed E-state index contributed by atoms with van der Waals surface area (Å²) in [5, 5.41) is 10.8. The lowest BCUT2D eigenvalue weighted by Gasteiger charge is -2.17. The summed E-state index contributed by atoms with van der Waals surface area (Å²) in [6.45, 7) is 3.25. The molecule has 0 fully saturated rings. The predicted octanol–water partition coefficient (Wildman–Crippen LogP) is 3.80. The van der Waals surface area contributed by atoms with E-state index in [2.05, 4.69) is 4.72 Å². The molecule has 0 spiro atoms. The molecule has 0 aliphatic carbocycles. The van der Waals surface area contributed by atoms with Gasteiger partial charge in [-0.25, -0.2) is 8.42 Å². The number of nitrogens with one attached hydrogen (secondary N) is 1. The topological polar surface area (TPSA) is 140 Å². The van der Waals surface area contributed by atoms with E-state index in [4.69, 9.17) is 10.2 Å². The van der Waals surface area contributed by atoms with Crippen molar-refractivity contribution in [3.63, 3.8) is 0 Å². The Balaban J connectivity index is 1.74. The Labute approximate surface area is 187 Å². The van der Waals surface area contributed by atoms with Crippen molar-refractivity contribution in [1.29, 1.82) is 0 Å². The molecule has 0 bridgehead atoms. The molecule has 0 saturated carbocycles. The molecule has 0 saturated heterocycles. The zero-order valence-electron chi connectivity index (χ0n) is 17.2. The summed E-state index contributed by atoms with van der Waals surface area (Å²) >= 11 is 1.29. The predicted molar refractivity (Wildman–Crippen MR) is 122 cm³/mol. The number of sulfonamides is 1. The summed E-state index contributed by atoms with van der Waals surface area (Å²) in [5.41, 5.74) is 7.14. The third-order valence-electron chi connectivity index (χ3n) is 5.10. The number of hydrogen-bond donors (Lipinski definition) is 3. The van der Waals surface area contributed by atoms with Crippen LogP contribution in [-0.2, 0) is 14.8 Å². The second-order valence-corrected chi connectivity index (χ2v) is 10.5. The number of thiophene rings is 1. The first-order valence-electron chi connectivity index (χ1n) is 9.68. The molecule has 2 aromatic carbocycles. The van der Waals surface area contributed by atoms with E-state index >= 15 is 0 Å². The minimum Gasteiger partial charge on any atom is -0.480 e. The molecule has 1 atom stereocenters. The van der Waals surface area contributed by atoms with Gasteiger partial charge in [-0.2, -0.15) is 4.72 Å². The van der Waals surface area contributed by atoms with Crippen LogP contribution >= 0.6 is 11.3 Å². The second kappa shape index (κ2) is 8.05. The number of fused-ring (bicyclic) bond motifs is 3. The molecule has 4 rings (SSSR count). The molecule has 2 heterocycles. The van der Waals surface area contributed by atoms with E-state index in [9.17, 15) is 23.1 Å². The number of hydrogen-bond acceptors (Lipinski definition) is 6. The second-order valence-electron chi connectivity index (χ2n) is 7.68. The molecular weight excluding hydrogens is 452 g/mol. The Kier molecular flexibility index (Phi) is 5.53. The molecule has 8 nitrogen and oxygen atoms in total. The molecule has 4 N–H and O–H groups in total. The number of carboxylic acid groups (broad SMARTS) is 1. The number of carbonyl (C=O) groups is 2. The van der Waals surface area contributed by atoms with E-state index in [-0.39, 0.29) is 4.90 Å². The SMILES string of the molecule is CC(C)[C@H](NS(=O)(=O)c1ccc2c(c1)oc1ccc(-c3ccc(C(N)=O)s3)cc12)C(=O)O. The number of amides is 1. The number of nitrogens with two attached hydrogens (primary N) is 1. The lowest BCUT2D eigenvalue weighted by molar-refractivity contribution is -0.140. The first-order chi connectivity index (χ1) is 15.1. The molecule has 10 heteroatoms. The molecule has 0 radical (unpaired) electrons. The summed E-state index contributed by atoms with van der Waals surface area (Å²) in [4.78, 5) is 24.0. The summed E-state index contributed by atoms with van der Waals surface area (Å²) in [6, 6.07) is 12.2. The highest BCUT2D eigenvalue weighted by molar-refractivity contribution is 7.89. The van der Waals surface area contributed by atoms with Gasteiger partial charge in [0.25, 0.3) is 5.91 Å². The molecule has 32 heavy (non-hydrogen) atoms. The fourth-order valence-electron chi connectivity index (χ4n) is 3.41. The molecule has 166 valence electrons. The normalized spacial score (nSPS) is 13.1. The Morgan fingerprint density at radius 2 is 1.78 bits per heavy atom. The highest BCUT2D eigenvalue weighted by Crippen LogP contribution is 2.35. The van der Waals surface area contributed by atoms with Gasteiger partial charge in [-0.1, -0.05) is 13.8 Å². The summed E-state index contributed by atoms with van der Waals surface area (Å²) in [6.07, 6.45) is 0. The van der Waals surface area contributed by atoms with Gasteiger partial charge in [-0.3, -0.25) is 9.59 Å². The third-order valence-corrected chi connectivity index (χ3v) is 7.69. The van der Waals surface area contributed by atoms with Crippen LogP contribution in [0.15, 0.2) is 57.8 Å². The quantitative estimate of drug-likeness (QED) is 0.374. The lowest BCUT2D eigenvalue weighted by Crippen LogP contribution is -2.44. The van der Waals surface area contributed by atoms with Gasteiger partial charge < -0.3 is 15.3 Å². The van der Waals surface area contributed by atoms with Gasteiger partial charge in [0.05, 0.1) is 9.77 Å². The van der Waals surface area contributed by atoms with Gasteiger partial charge in [0.1, 0.15) is 17.2 Å². The Morgan fingerprint density at radius 1 is 1.03 bits per heavy atom. The summed E-state index contributed by atoms with van der Waals surface area (Å²) in [7, 11) is -4.07. The number of carbonyl (C=O) groups excluding carboxylic acids is 1. The minimum atomic E-state index is -4.07. The van der Waals surface area contributed by atoms with E-state index in [1.165, 1.54) is 23.5 Å². The highest BCUT2D eigenvalue weighted by atomic mass is 32.2. The van der Waals surface area contributed by atoms with Gasteiger partial charge in [-0.05, 0) is 53.9 Å². The van der Waals surface area contributed by atoms with Crippen LogP contribution in [-0.4, -0.2) is 31.4 Å². The summed E-state index contributed by atoms with van der Waals surface area (Å²) in [5.74, 6) is -2.15. The highest BCUT2D eigenvalue weighted by Gasteiger charge is 2.28. The van der Waals surface area contributed by atoms with Crippen LogP contribution < -0.4 is 10.5 Å². The average molecular weight is 473 g/mol. The molecular formula is C22H20N2O6S2. The molecule has 4 aromatic rings. The maximum Gasteiger partial charge on any atom is 0.322 e. The Morgan fingerprint density at radius 3 is 2.41 bits per heavy atom. The third kappa shape index (κ3) is 3.99. The van der Waals surface area contributed by atoms with Crippen molar-refractivity contribution in [3.8, 4) is 10.4 Å². The van der Waals surface area contributed by atoms with Gasteiger partial charge >= 0.3 is 5.97 Å². The van der Waals surface area contributed by atoms with Gasteiger partial charge in [0, 0.05) is 21.7 Å². The van der Waals surface area contributed by atoms with Gasteiger partial charge in [0.2, 0.25) is 10.0 Å². The van der Waals surface area contributed by atoms with Crippen molar-refractivity contribution in [1.82, 2.24) is 4.72 Å². The van der Waals surface area contributed by atoms with Crippen molar-refractivity contribution in [2.45, 2.75) is 24.8 Å². The number of aliphatic carboxylic acids is 1. The number of benzene rings is 2. The number of rotatable bonds is 7. The molecule has 0 unspecified atom stereocenters. The molecule has 1 amide bonds. The fraction of sp³-hybridized carbons (Fsp3) is 0.182. The standard InChI is InChI=1S/C22H20N2O6S2/c1-11(2)20(22(26)27)24-32(28,29)13-4-5-14-15-9-12(3-6-16(15)30-17(14)10-13)18-7-8-19(31-18)21(23)25/h3-11,20,24H,1-2H3,(H2,23,25)(H,26,27)/t20-/m0/s1.